The number of carbonyl (C=O) groups is 2. The van der Waals surface area contributed by atoms with Crippen LogP contribution in [-0.4, -0.2) is 33.0 Å². The molecule has 3 rings (SSSR count). The summed E-state index contributed by atoms with van der Waals surface area (Å²) >= 11 is 0. The van der Waals surface area contributed by atoms with Crippen molar-refractivity contribution in [3.05, 3.63) is 54.2 Å². The van der Waals surface area contributed by atoms with Gasteiger partial charge >= 0.3 is 0 Å². The largest absolute Gasteiger partial charge is 0.309 e. The fourth-order valence-electron chi connectivity index (χ4n) is 2.65. The lowest BCUT2D eigenvalue weighted by atomic mass is 10.1. The van der Waals surface area contributed by atoms with Gasteiger partial charge in [0.05, 0.1) is 6.20 Å². The highest BCUT2D eigenvalue weighted by Crippen LogP contribution is 2.30. The summed E-state index contributed by atoms with van der Waals surface area (Å²) in [4.78, 5) is 26.1. The molecule has 1 aliphatic heterocycles. The lowest BCUT2D eigenvalue weighted by Gasteiger charge is -2.17. The smallest absolute Gasteiger partial charge is 0.259 e. The molecule has 6 heteroatoms. The van der Waals surface area contributed by atoms with Crippen molar-refractivity contribution in [3.8, 4) is 0 Å². The molecule has 1 aromatic carbocycles. The third kappa shape index (κ3) is 2.63. The molecule has 1 aromatic heterocycles. The number of rotatable bonds is 4. The summed E-state index contributed by atoms with van der Waals surface area (Å²) in [5.41, 5.74) is 1.91. The average molecular weight is 310 g/mol. The van der Waals surface area contributed by atoms with Crippen molar-refractivity contribution >= 4 is 23.3 Å². The maximum absolute atomic E-state index is 12.4. The Morgan fingerprint density at radius 2 is 1.96 bits per heavy atom. The van der Waals surface area contributed by atoms with Crippen molar-refractivity contribution < 1.29 is 9.59 Å². The van der Waals surface area contributed by atoms with Gasteiger partial charge in [-0.3, -0.25) is 14.5 Å². The van der Waals surface area contributed by atoms with E-state index < -0.39 is 0 Å². The first-order valence-corrected chi connectivity index (χ1v) is 7.42. The number of anilines is 1. The number of fused-ring (bicyclic) bond motifs is 1. The molecule has 118 valence electrons. The topological polar surface area (TPSA) is 67.2 Å². The molecule has 6 nitrogen and oxygen atoms in total. The molecule has 0 radical (unpaired) electrons. The van der Waals surface area contributed by atoms with Crippen molar-refractivity contribution in [1.29, 1.82) is 0 Å². The van der Waals surface area contributed by atoms with E-state index in [0.717, 1.165) is 5.56 Å². The lowest BCUT2D eigenvalue weighted by molar-refractivity contribution is -0.116. The number of nitrogens with one attached hydrogen (secondary N) is 1. The predicted octanol–water partition coefficient (Wildman–Crippen LogP) is 2.53. The monoisotopic (exact) mass is 310 g/mol. The van der Waals surface area contributed by atoms with Crippen LogP contribution in [0.1, 0.15) is 35.8 Å². The molecule has 1 aliphatic rings. The van der Waals surface area contributed by atoms with Gasteiger partial charge in [0.15, 0.2) is 0 Å². The molecule has 0 saturated carbocycles. The van der Waals surface area contributed by atoms with Gasteiger partial charge in [-0.1, -0.05) is 24.8 Å². The minimum atomic E-state index is -0.283. The summed E-state index contributed by atoms with van der Waals surface area (Å²) in [6.45, 7) is 7.81. The highest BCUT2D eigenvalue weighted by molar-refractivity contribution is 6.11. The average Bonchev–Trinajstić information content (AvgIpc) is 3.07. The zero-order valence-electron chi connectivity index (χ0n) is 13.1. The van der Waals surface area contributed by atoms with Crippen LogP contribution >= 0.6 is 0 Å². The van der Waals surface area contributed by atoms with Gasteiger partial charge in [0.25, 0.3) is 5.91 Å². The lowest BCUT2D eigenvalue weighted by Crippen LogP contribution is -2.33. The molecule has 0 fully saturated rings. The van der Waals surface area contributed by atoms with Crippen LogP contribution in [0.25, 0.3) is 5.70 Å². The van der Waals surface area contributed by atoms with Crippen molar-refractivity contribution in [3.63, 3.8) is 0 Å². The zero-order chi connectivity index (χ0) is 16.6. The van der Waals surface area contributed by atoms with Crippen LogP contribution in [0.5, 0.6) is 0 Å². The third-order valence-electron chi connectivity index (χ3n) is 3.77. The second kappa shape index (κ2) is 5.72. The third-order valence-corrected chi connectivity index (χ3v) is 3.77. The van der Waals surface area contributed by atoms with Gasteiger partial charge < -0.3 is 5.32 Å². The number of carbonyl (C=O) groups excluding carboxylic acids is 2. The van der Waals surface area contributed by atoms with E-state index in [1.165, 1.54) is 4.90 Å². The first-order valence-electron chi connectivity index (χ1n) is 7.42. The van der Waals surface area contributed by atoms with Crippen molar-refractivity contribution in [2.24, 2.45) is 0 Å². The maximum atomic E-state index is 12.4. The summed E-state index contributed by atoms with van der Waals surface area (Å²) in [6.07, 6.45) is 1.63. The summed E-state index contributed by atoms with van der Waals surface area (Å²) in [5.74, 6) is 0.132. The number of aromatic nitrogens is 2. The highest BCUT2D eigenvalue weighted by atomic mass is 16.2. The molecule has 0 aliphatic carbocycles. The normalized spacial score (nSPS) is 13.6. The van der Waals surface area contributed by atoms with Gasteiger partial charge in [-0.05, 0) is 19.9 Å². The second-order valence-corrected chi connectivity index (χ2v) is 5.69. The predicted molar refractivity (Wildman–Crippen MR) is 87.8 cm³/mol. The van der Waals surface area contributed by atoms with Gasteiger partial charge in [-0.25, -0.2) is 4.68 Å². The fraction of sp³-hybridized carbons (Fsp3) is 0.235. The molecule has 2 heterocycles. The van der Waals surface area contributed by atoms with E-state index in [1.54, 1.807) is 29.1 Å². The van der Waals surface area contributed by atoms with E-state index >= 15 is 0 Å². The number of benzene rings is 1. The zero-order valence-corrected chi connectivity index (χ0v) is 13.1. The van der Waals surface area contributed by atoms with Crippen LogP contribution in [0.3, 0.4) is 0 Å². The number of nitrogens with zero attached hydrogens (tertiary/aromatic N) is 3. The van der Waals surface area contributed by atoms with Crippen molar-refractivity contribution in [2.75, 3.05) is 11.9 Å². The Labute approximate surface area is 134 Å². The molecule has 0 bridgehead atoms. The summed E-state index contributed by atoms with van der Waals surface area (Å²) in [6, 6.07) is 9.09. The quantitative estimate of drug-likeness (QED) is 0.943. The van der Waals surface area contributed by atoms with E-state index in [9.17, 15) is 9.59 Å². The van der Waals surface area contributed by atoms with Crippen molar-refractivity contribution in [2.45, 2.75) is 19.9 Å². The first-order chi connectivity index (χ1) is 11.0. The minimum Gasteiger partial charge on any atom is -0.309 e. The summed E-state index contributed by atoms with van der Waals surface area (Å²) < 4.78 is 1.72. The Bertz CT molecular complexity index is 756. The molecule has 0 unspecified atom stereocenters. The van der Waals surface area contributed by atoms with E-state index in [1.807, 2.05) is 26.0 Å². The molecule has 0 spiro atoms. The van der Waals surface area contributed by atoms with Gasteiger partial charge in [0, 0.05) is 28.9 Å². The fourth-order valence-corrected chi connectivity index (χ4v) is 2.65. The maximum Gasteiger partial charge on any atom is 0.259 e. The van der Waals surface area contributed by atoms with Crippen LogP contribution in [0.15, 0.2) is 43.1 Å². The molecule has 2 aromatic rings. The number of amides is 2. The Morgan fingerprint density at radius 3 is 2.61 bits per heavy atom. The van der Waals surface area contributed by atoms with E-state index in [-0.39, 0.29) is 24.4 Å². The van der Waals surface area contributed by atoms with Crippen LogP contribution in [0.2, 0.25) is 0 Å². The second-order valence-electron chi connectivity index (χ2n) is 5.69. The van der Waals surface area contributed by atoms with Crippen LogP contribution in [0.4, 0.5) is 5.82 Å². The molecular weight excluding hydrogens is 292 g/mol. The van der Waals surface area contributed by atoms with Crippen molar-refractivity contribution in [1.82, 2.24) is 14.7 Å². The Balaban J connectivity index is 1.73. The van der Waals surface area contributed by atoms with E-state index in [0.29, 0.717) is 17.1 Å². The Hall–Kier alpha value is -2.89. The molecule has 0 saturated heterocycles. The van der Waals surface area contributed by atoms with Gasteiger partial charge in [0.2, 0.25) is 5.91 Å². The SMILES string of the molecule is C=C1c2ccccc2C(=O)N1CC(=O)Nc1ccnn1C(C)C. The minimum absolute atomic E-state index is 0.0738. The van der Waals surface area contributed by atoms with E-state index in [4.69, 9.17) is 0 Å². The molecule has 23 heavy (non-hydrogen) atoms. The van der Waals surface area contributed by atoms with Gasteiger partial charge in [-0.2, -0.15) is 5.10 Å². The van der Waals surface area contributed by atoms with Crippen LogP contribution < -0.4 is 5.32 Å². The highest BCUT2D eigenvalue weighted by Gasteiger charge is 2.31. The van der Waals surface area contributed by atoms with Crippen LogP contribution in [0, 0.1) is 0 Å². The van der Waals surface area contributed by atoms with Gasteiger partial charge in [-0.15, -0.1) is 0 Å². The number of hydrogen-bond donors (Lipinski definition) is 1. The van der Waals surface area contributed by atoms with Gasteiger partial charge in [0.1, 0.15) is 12.4 Å². The Morgan fingerprint density at radius 1 is 1.26 bits per heavy atom. The Kier molecular flexibility index (Phi) is 3.73. The molecule has 1 N–H and O–H groups in total. The molecular formula is C17H18N4O2. The first kappa shape index (κ1) is 15.0. The molecule has 2 amide bonds. The summed E-state index contributed by atoms with van der Waals surface area (Å²) in [7, 11) is 0. The van der Waals surface area contributed by atoms with E-state index in [2.05, 4.69) is 17.0 Å². The van der Waals surface area contributed by atoms with Crippen LogP contribution in [-0.2, 0) is 4.79 Å². The number of hydrogen-bond acceptors (Lipinski definition) is 3. The standard InChI is InChI=1S/C17H18N4O2/c1-11(2)21-15(8-9-18-21)19-16(22)10-20-12(3)13-6-4-5-7-14(13)17(20)23/h4-9,11H,3,10H2,1-2H3,(H,19,22). The molecule has 0 atom stereocenters. The summed E-state index contributed by atoms with van der Waals surface area (Å²) in [5, 5.41) is 6.96.